The Morgan fingerprint density at radius 3 is 2.37 bits per heavy atom. The van der Waals surface area contributed by atoms with Crippen LogP contribution in [0.4, 0.5) is 0 Å². The topological polar surface area (TPSA) is 112 Å². The van der Waals surface area contributed by atoms with E-state index in [1.165, 1.54) is 18.9 Å². The number of methoxy groups -OCH3 is 2. The van der Waals surface area contributed by atoms with Gasteiger partial charge in [0.05, 0.1) is 26.0 Å². The average molecular weight is 410 g/mol. The number of hydrogen-bond donors (Lipinski definition) is 2. The number of benzene rings is 2. The van der Waals surface area contributed by atoms with Gasteiger partial charge in [0.2, 0.25) is 5.91 Å². The molecule has 0 saturated carbocycles. The smallest absolute Gasteiger partial charge is 0.290 e. The van der Waals surface area contributed by atoms with E-state index in [0.717, 1.165) is 0 Å². The van der Waals surface area contributed by atoms with Crippen molar-refractivity contribution in [3.8, 4) is 11.5 Å². The summed E-state index contributed by atoms with van der Waals surface area (Å²) in [6.45, 7) is 2.07. The molecule has 30 heavy (non-hydrogen) atoms. The molecule has 0 radical (unpaired) electrons. The third kappa shape index (κ3) is 4.24. The van der Waals surface area contributed by atoms with Gasteiger partial charge < -0.3 is 9.47 Å². The maximum Gasteiger partial charge on any atom is 0.290 e. The lowest BCUT2D eigenvalue weighted by molar-refractivity contribution is -0.121. The van der Waals surface area contributed by atoms with E-state index >= 15 is 0 Å². The second-order valence-corrected chi connectivity index (χ2v) is 6.38. The van der Waals surface area contributed by atoms with E-state index in [1.807, 2.05) is 0 Å². The molecule has 0 atom stereocenters. The fraction of sp³-hybridized carbons (Fsp3) is 0.238. The van der Waals surface area contributed by atoms with Crippen molar-refractivity contribution in [1.29, 1.82) is 0 Å². The molecule has 3 aromatic rings. The van der Waals surface area contributed by atoms with Gasteiger partial charge in [-0.1, -0.05) is 24.3 Å². The van der Waals surface area contributed by atoms with Crippen molar-refractivity contribution >= 4 is 22.6 Å². The van der Waals surface area contributed by atoms with Gasteiger partial charge in [-0.2, -0.15) is 5.10 Å². The highest BCUT2D eigenvalue weighted by atomic mass is 16.5. The number of nitrogens with zero attached hydrogens (tertiary/aromatic N) is 2. The molecule has 1 aromatic heterocycles. The van der Waals surface area contributed by atoms with Gasteiger partial charge in [-0.25, -0.2) is 4.68 Å². The van der Waals surface area contributed by atoms with Gasteiger partial charge in [-0.15, -0.1) is 0 Å². The average Bonchev–Trinajstić information content (AvgIpc) is 2.77. The zero-order chi connectivity index (χ0) is 21.7. The molecule has 3 rings (SSSR count). The summed E-state index contributed by atoms with van der Waals surface area (Å²) in [5.41, 5.74) is 5.20. The summed E-state index contributed by atoms with van der Waals surface area (Å²) in [6, 6.07) is 11.8. The van der Waals surface area contributed by atoms with Crippen molar-refractivity contribution in [1.82, 2.24) is 20.6 Å². The molecular weight excluding hydrogens is 388 g/mol. The maximum atomic E-state index is 12.6. The van der Waals surface area contributed by atoms with Gasteiger partial charge in [0.1, 0.15) is 0 Å². The van der Waals surface area contributed by atoms with E-state index in [0.29, 0.717) is 34.4 Å². The van der Waals surface area contributed by atoms with Gasteiger partial charge in [-0.05, 0) is 30.7 Å². The molecule has 0 aliphatic rings. The Morgan fingerprint density at radius 1 is 1.00 bits per heavy atom. The van der Waals surface area contributed by atoms with Crippen molar-refractivity contribution in [2.75, 3.05) is 14.2 Å². The predicted molar refractivity (Wildman–Crippen MR) is 111 cm³/mol. The Hall–Kier alpha value is -3.88. The molecule has 1 heterocycles. The summed E-state index contributed by atoms with van der Waals surface area (Å²) in [6.07, 6.45) is 0.0171. The number of hydrogen-bond acceptors (Lipinski definition) is 6. The monoisotopic (exact) mass is 410 g/mol. The fourth-order valence-corrected chi connectivity index (χ4v) is 3.02. The normalized spacial score (nSPS) is 10.5. The molecule has 2 amide bonds. The summed E-state index contributed by atoms with van der Waals surface area (Å²) < 4.78 is 11.6. The first-order chi connectivity index (χ1) is 14.5. The van der Waals surface area contributed by atoms with Gasteiger partial charge >= 0.3 is 0 Å². The minimum Gasteiger partial charge on any atom is -0.493 e. The van der Waals surface area contributed by atoms with E-state index in [-0.39, 0.29) is 17.7 Å². The molecule has 0 bridgehead atoms. The summed E-state index contributed by atoms with van der Waals surface area (Å²) in [7, 11) is 3.04. The molecule has 156 valence electrons. The molecule has 0 unspecified atom stereocenters. The molecule has 0 fully saturated rings. The zero-order valence-electron chi connectivity index (χ0n) is 16.9. The van der Waals surface area contributed by atoms with Crippen LogP contribution in [-0.4, -0.2) is 35.8 Å². The number of ether oxygens (including phenoxy) is 2. The molecule has 9 heteroatoms. The molecule has 9 nitrogen and oxygen atoms in total. The Morgan fingerprint density at radius 2 is 1.70 bits per heavy atom. The standard InChI is InChI=1S/C21H22N4O5/c1-4-25-21(28)15-8-6-5-7-14(15)19(24-25)20(27)23-22-18(26)12-13-9-10-16(29-2)17(11-13)30-3/h5-11H,4,12H2,1-3H3,(H,22,26)(H,23,27). The molecule has 0 spiro atoms. The van der Waals surface area contributed by atoms with Gasteiger partial charge in [0.25, 0.3) is 11.5 Å². The summed E-state index contributed by atoms with van der Waals surface area (Å²) in [4.78, 5) is 37.3. The lowest BCUT2D eigenvalue weighted by Gasteiger charge is -2.12. The van der Waals surface area contributed by atoms with Crippen LogP contribution in [0.2, 0.25) is 0 Å². The summed E-state index contributed by atoms with van der Waals surface area (Å²) in [5, 5.41) is 4.93. The number of carbonyl (C=O) groups excluding carboxylic acids is 2. The highest BCUT2D eigenvalue weighted by molar-refractivity contribution is 6.05. The van der Waals surface area contributed by atoms with Crippen LogP contribution < -0.4 is 25.9 Å². The van der Waals surface area contributed by atoms with Crippen LogP contribution in [-0.2, 0) is 17.8 Å². The van der Waals surface area contributed by atoms with Crippen LogP contribution in [0.3, 0.4) is 0 Å². The van der Waals surface area contributed by atoms with E-state index in [1.54, 1.807) is 49.4 Å². The first-order valence-electron chi connectivity index (χ1n) is 9.28. The largest absolute Gasteiger partial charge is 0.493 e. The Bertz CT molecular complexity index is 1160. The first kappa shape index (κ1) is 20.8. The molecule has 0 aliphatic carbocycles. The van der Waals surface area contributed by atoms with Crippen molar-refractivity contribution in [2.45, 2.75) is 19.9 Å². The molecule has 2 aromatic carbocycles. The second-order valence-electron chi connectivity index (χ2n) is 6.38. The van der Waals surface area contributed by atoms with E-state index in [9.17, 15) is 14.4 Å². The van der Waals surface area contributed by atoms with Crippen molar-refractivity contribution in [3.05, 3.63) is 64.1 Å². The third-order valence-corrected chi connectivity index (χ3v) is 4.51. The molecule has 0 aliphatic heterocycles. The van der Waals surface area contributed by atoms with Gasteiger partial charge in [-0.3, -0.25) is 25.2 Å². The number of aryl methyl sites for hydroxylation is 1. The number of rotatable bonds is 6. The minimum absolute atomic E-state index is 0.0171. The van der Waals surface area contributed by atoms with Crippen LogP contribution in [0.5, 0.6) is 11.5 Å². The molecular formula is C21H22N4O5. The van der Waals surface area contributed by atoms with E-state index < -0.39 is 11.8 Å². The zero-order valence-corrected chi connectivity index (χ0v) is 16.9. The van der Waals surface area contributed by atoms with Crippen molar-refractivity contribution < 1.29 is 19.1 Å². The van der Waals surface area contributed by atoms with Crippen LogP contribution in [0.15, 0.2) is 47.3 Å². The fourth-order valence-electron chi connectivity index (χ4n) is 3.02. The minimum atomic E-state index is -0.617. The Balaban J connectivity index is 1.74. The van der Waals surface area contributed by atoms with Gasteiger partial charge in [0.15, 0.2) is 17.2 Å². The number of nitrogens with one attached hydrogen (secondary N) is 2. The summed E-state index contributed by atoms with van der Waals surface area (Å²) in [5.74, 6) is 0.0149. The van der Waals surface area contributed by atoms with E-state index in [2.05, 4.69) is 16.0 Å². The van der Waals surface area contributed by atoms with Crippen LogP contribution >= 0.6 is 0 Å². The second kappa shape index (κ2) is 9.08. The van der Waals surface area contributed by atoms with Crippen LogP contribution in [0.25, 0.3) is 10.8 Å². The number of hydrazine groups is 1. The van der Waals surface area contributed by atoms with Crippen LogP contribution in [0.1, 0.15) is 23.0 Å². The van der Waals surface area contributed by atoms with Crippen molar-refractivity contribution in [3.63, 3.8) is 0 Å². The highest BCUT2D eigenvalue weighted by Gasteiger charge is 2.17. The first-order valence-corrected chi connectivity index (χ1v) is 9.28. The lowest BCUT2D eigenvalue weighted by Crippen LogP contribution is -2.43. The Kier molecular flexibility index (Phi) is 6.31. The Labute approximate surface area is 172 Å². The molecule has 2 N–H and O–H groups in total. The number of carbonyl (C=O) groups is 2. The molecule has 0 saturated heterocycles. The highest BCUT2D eigenvalue weighted by Crippen LogP contribution is 2.27. The van der Waals surface area contributed by atoms with Crippen molar-refractivity contribution in [2.24, 2.45) is 0 Å². The van der Waals surface area contributed by atoms with E-state index in [4.69, 9.17) is 9.47 Å². The number of fused-ring (bicyclic) bond motifs is 1. The quantitative estimate of drug-likeness (QED) is 0.595. The SMILES string of the molecule is CCn1nc(C(=O)NNC(=O)Cc2ccc(OC)c(OC)c2)c2ccccc2c1=O. The lowest BCUT2D eigenvalue weighted by atomic mass is 10.1. The van der Waals surface area contributed by atoms with Crippen LogP contribution in [0, 0.1) is 0 Å². The van der Waals surface area contributed by atoms with Gasteiger partial charge in [0, 0.05) is 11.9 Å². The maximum absolute atomic E-state index is 12.6. The summed E-state index contributed by atoms with van der Waals surface area (Å²) >= 11 is 0. The third-order valence-electron chi connectivity index (χ3n) is 4.51. The number of aromatic nitrogens is 2. The predicted octanol–water partition coefficient (Wildman–Crippen LogP) is 1.44. The number of amides is 2.